The van der Waals surface area contributed by atoms with Crippen molar-refractivity contribution < 1.29 is 9.53 Å². The number of hydrogen-bond donors (Lipinski definition) is 2. The van der Waals surface area contributed by atoms with Crippen LogP contribution < -0.4 is 5.32 Å². The van der Waals surface area contributed by atoms with E-state index < -0.39 is 5.60 Å². The summed E-state index contributed by atoms with van der Waals surface area (Å²) < 4.78 is 5.08. The molecule has 15 heavy (non-hydrogen) atoms. The highest BCUT2D eigenvalue weighted by molar-refractivity contribution is 5.84. The van der Waals surface area contributed by atoms with Crippen LogP contribution in [0, 0.1) is 0 Å². The fourth-order valence-corrected chi connectivity index (χ4v) is 1.05. The third-order valence-electron chi connectivity index (χ3n) is 2.33. The predicted molar refractivity (Wildman–Crippen MR) is 56.2 cm³/mol. The Hall–Kier alpha value is -1.36. The summed E-state index contributed by atoms with van der Waals surface area (Å²) in [6.07, 6.45) is 3.37. The predicted octanol–water partition coefficient (Wildman–Crippen LogP) is 1.01. The highest BCUT2D eigenvalue weighted by Gasteiger charge is 2.28. The van der Waals surface area contributed by atoms with Gasteiger partial charge in [0.25, 0.3) is 5.91 Å². The Balaban J connectivity index is 2.60. The lowest BCUT2D eigenvalue weighted by Gasteiger charge is -2.23. The van der Waals surface area contributed by atoms with E-state index in [9.17, 15) is 4.79 Å². The fourth-order valence-electron chi connectivity index (χ4n) is 1.05. The van der Waals surface area contributed by atoms with Gasteiger partial charge in [0.1, 0.15) is 11.4 Å². The molecule has 1 heterocycles. The number of nitrogens with one attached hydrogen (secondary N) is 2. The molecule has 1 aromatic rings. The first-order valence-corrected chi connectivity index (χ1v) is 4.83. The summed E-state index contributed by atoms with van der Waals surface area (Å²) in [6, 6.07) is -0.151. The molecule has 1 unspecified atom stereocenters. The molecule has 1 atom stereocenters. The SMILES string of the molecule is COC(C)(C)C(=O)NC(C)c1ncc[nH]1. The second kappa shape index (κ2) is 4.44. The van der Waals surface area contributed by atoms with Crippen molar-refractivity contribution in [3.8, 4) is 0 Å². The highest BCUT2D eigenvalue weighted by atomic mass is 16.5. The maximum Gasteiger partial charge on any atom is 0.252 e. The smallest absolute Gasteiger partial charge is 0.252 e. The first kappa shape index (κ1) is 11.7. The number of aromatic amines is 1. The van der Waals surface area contributed by atoms with E-state index in [4.69, 9.17) is 4.74 Å². The largest absolute Gasteiger partial charge is 0.369 e. The molecule has 84 valence electrons. The Morgan fingerprint density at radius 1 is 1.67 bits per heavy atom. The molecule has 0 spiro atoms. The van der Waals surface area contributed by atoms with Crippen molar-refractivity contribution >= 4 is 5.91 Å². The van der Waals surface area contributed by atoms with E-state index in [-0.39, 0.29) is 11.9 Å². The second-order valence-electron chi connectivity index (χ2n) is 3.88. The van der Waals surface area contributed by atoms with Gasteiger partial charge < -0.3 is 15.0 Å². The summed E-state index contributed by atoms with van der Waals surface area (Å²) in [5.41, 5.74) is -0.819. The molecule has 0 saturated carbocycles. The molecule has 5 heteroatoms. The Bertz CT molecular complexity index is 319. The van der Waals surface area contributed by atoms with Gasteiger partial charge in [-0.2, -0.15) is 0 Å². The summed E-state index contributed by atoms with van der Waals surface area (Å²) in [7, 11) is 1.51. The lowest BCUT2D eigenvalue weighted by Crippen LogP contribution is -2.44. The molecule has 0 aliphatic heterocycles. The van der Waals surface area contributed by atoms with Gasteiger partial charge in [0.2, 0.25) is 0 Å². The van der Waals surface area contributed by atoms with Gasteiger partial charge in [-0.25, -0.2) is 4.98 Å². The van der Waals surface area contributed by atoms with Crippen LogP contribution in [-0.4, -0.2) is 28.6 Å². The van der Waals surface area contributed by atoms with Crippen molar-refractivity contribution in [1.29, 1.82) is 0 Å². The average Bonchev–Trinajstić information content (AvgIpc) is 2.70. The van der Waals surface area contributed by atoms with Gasteiger partial charge in [0.15, 0.2) is 0 Å². The number of carbonyl (C=O) groups excluding carboxylic acids is 1. The second-order valence-corrected chi connectivity index (χ2v) is 3.88. The number of aromatic nitrogens is 2. The van der Waals surface area contributed by atoms with Crippen LogP contribution in [0.3, 0.4) is 0 Å². The molecule has 0 saturated heterocycles. The van der Waals surface area contributed by atoms with Gasteiger partial charge in [0.05, 0.1) is 6.04 Å². The quantitative estimate of drug-likeness (QED) is 0.781. The Labute approximate surface area is 89.2 Å². The molecule has 0 aromatic carbocycles. The van der Waals surface area contributed by atoms with E-state index in [1.807, 2.05) is 6.92 Å². The van der Waals surface area contributed by atoms with Crippen molar-refractivity contribution in [1.82, 2.24) is 15.3 Å². The summed E-state index contributed by atoms with van der Waals surface area (Å²) in [6.45, 7) is 5.30. The summed E-state index contributed by atoms with van der Waals surface area (Å²) >= 11 is 0. The number of carbonyl (C=O) groups is 1. The lowest BCUT2D eigenvalue weighted by molar-refractivity contribution is -0.140. The molecule has 1 rings (SSSR count). The molecule has 0 bridgehead atoms. The summed E-state index contributed by atoms with van der Waals surface area (Å²) in [5, 5.41) is 2.82. The minimum atomic E-state index is -0.819. The van der Waals surface area contributed by atoms with Crippen LogP contribution in [0.25, 0.3) is 0 Å². The fraction of sp³-hybridized carbons (Fsp3) is 0.600. The van der Waals surface area contributed by atoms with E-state index in [1.165, 1.54) is 7.11 Å². The highest BCUT2D eigenvalue weighted by Crippen LogP contribution is 2.11. The molecule has 5 nitrogen and oxygen atoms in total. The summed E-state index contributed by atoms with van der Waals surface area (Å²) in [5.74, 6) is 0.573. The minimum absolute atomic E-state index is 0.151. The number of amides is 1. The number of nitrogens with zero attached hydrogens (tertiary/aromatic N) is 1. The van der Waals surface area contributed by atoms with Crippen LogP contribution in [0.5, 0.6) is 0 Å². The topological polar surface area (TPSA) is 67.0 Å². The zero-order valence-corrected chi connectivity index (χ0v) is 9.50. The number of hydrogen-bond acceptors (Lipinski definition) is 3. The first-order valence-electron chi connectivity index (χ1n) is 4.83. The maximum absolute atomic E-state index is 11.7. The van der Waals surface area contributed by atoms with Gasteiger partial charge in [-0.1, -0.05) is 0 Å². The maximum atomic E-state index is 11.7. The lowest BCUT2D eigenvalue weighted by atomic mass is 10.1. The number of rotatable bonds is 4. The summed E-state index contributed by atoms with van der Waals surface area (Å²) in [4.78, 5) is 18.7. The first-order chi connectivity index (χ1) is 6.97. The van der Waals surface area contributed by atoms with E-state index in [2.05, 4.69) is 15.3 Å². The van der Waals surface area contributed by atoms with E-state index in [1.54, 1.807) is 26.2 Å². The third kappa shape index (κ3) is 2.79. The third-order valence-corrected chi connectivity index (χ3v) is 2.33. The monoisotopic (exact) mass is 211 g/mol. The van der Waals surface area contributed by atoms with Crippen LogP contribution in [0.4, 0.5) is 0 Å². The van der Waals surface area contributed by atoms with E-state index in [0.717, 1.165) is 5.82 Å². The normalized spacial score (nSPS) is 13.6. The Morgan fingerprint density at radius 3 is 2.80 bits per heavy atom. The molecule has 1 amide bonds. The molecule has 2 N–H and O–H groups in total. The van der Waals surface area contributed by atoms with Crippen LogP contribution in [0.1, 0.15) is 32.6 Å². The molecule has 1 aromatic heterocycles. The Morgan fingerprint density at radius 2 is 2.33 bits per heavy atom. The van der Waals surface area contributed by atoms with Crippen LogP contribution in [0.2, 0.25) is 0 Å². The molecular formula is C10H17N3O2. The minimum Gasteiger partial charge on any atom is -0.369 e. The molecule has 0 fully saturated rings. The van der Waals surface area contributed by atoms with Gasteiger partial charge >= 0.3 is 0 Å². The van der Waals surface area contributed by atoms with Crippen LogP contribution >= 0.6 is 0 Å². The molecule has 0 radical (unpaired) electrons. The molecule has 0 aliphatic carbocycles. The number of methoxy groups -OCH3 is 1. The zero-order chi connectivity index (χ0) is 11.5. The zero-order valence-electron chi connectivity index (χ0n) is 9.50. The van der Waals surface area contributed by atoms with Crippen LogP contribution in [-0.2, 0) is 9.53 Å². The Kier molecular flexibility index (Phi) is 3.47. The van der Waals surface area contributed by atoms with Crippen molar-refractivity contribution in [2.75, 3.05) is 7.11 Å². The van der Waals surface area contributed by atoms with Crippen molar-refractivity contribution in [2.24, 2.45) is 0 Å². The van der Waals surface area contributed by atoms with Gasteiger partial charge in [-0.3, -0.25) is 4.79 Å². The number of ether oxygens (including phenoxy) is 1. The van der Waals surface area contributed by atoms with Gasteiger partial charge in [-0.15, -0.1) is 0 Å². The van der Waals surface area contributed by atoms with Crippen molar-refractivity contribution in [3.63, 3.8) is 0 Å². The number of imidazole rings is 1. The number of H-pyrrole nitrogens is 1. The molecule has 0 aliphatic rings. The van der Waals surface area contributed by atoms with E-state index >= 15 is 0 Å². The van der Waals surface area contributed by atoms with Crippen molar-refractivity contribution in [3.05, 3.63) is 18.2 Å². The average molecular weight is 211 g/mol. The van der Waals surface area contributed by atoms with Gasteiger partial charge in [0, 0.05) is 19.5 Å². The molecular weight excluding hydrogens is 194 g/mol. The van der Waals surface area contributed by atoms with Crippen molar-refractivity contribution in [2.45, 2.75) is 32.4 Å². The van der Waals surface area contributed by atoms with Gasteiger partial charge in [-0.05, 0) is 20.8 Å². The van der Waals surface area contributed by atoms with E-state index in [0.29, 0.717) is 0 Å². The van der Waals surface area contributed by atoms with Crippen LogP contribution in [0.15, 0.2) is 12.4 Å². The standard InChI is InChI=1S/C10H17N3O2/c1-7(8-11-5-6-12-8)13-9(14)10(2,3)15-4/h5-7H,1-4H3,(H,11,12)(H,13,14).